The van der Waals surface area contributed by atoms with E-state index in [9.17, 15) is 9.59 Å². The molecule has 4 saturated carbocycles. The molecule has 6 rings (SSSR count). The number of nitrogens with zero attached hydrogens (tertiary/aromatic N) is 2. The zero-order valence-corrected chi connectivity index (χ0v) is 16.9. The molecule has 1 spiro atoms. The number of pyridine rings is 1. The first kappa shape index (κ1) is 17.7. The van der Waals surface area contributed by atoms with Crippen LogP contribution in [0.15, 0.2) is 24.4 Å². The van der Waals surface area contributed by atoms with E-state index >= 15 is 0 Å². The summed E-state index contributed by atoms with van der Waals surface area (Å²) in [5.74, 6) is 2.64. The predicted octanol–water partition coefficient (Wildman–Crippen LogP) is 2.95. The van der Waals surface area contributed by atoms with Crippen molar-refractivity contribution in [2.75, 3.05) is 13.1 Å². The van der Waals surface area contributed by atoms with E-state index in [1.807, 2.05) is 17.0 Å². The summed E-state index contributed by atoms with van der Waals surface area (Å²) in [6.45, 7) is 1.33. The molecular weight excluding hydrogens is 364 g/mol. The number of urea groups is 1. The fourth-order valence-corrected chi connectivity index (χ4v) is 7.84. The van der Waals surface area contributed by atoms with Crippen LogP contribution in [0.3, 0.4) is 0 Å². The molecule has 2 N–H and O–H groups in total. The Balaban J connectivity index is 1.03. The van der Waals surface area contributed by atoms with E-state index in [2.05, 4.69) is 15.6 Å². The van der Waals surface area contributed by atoms with E-state index in [1.54, 1.807) is 12.3 Å². The Kier molecular flexibility index (Phi) is 3.78. The number of fused-ring (bicyclic) bond motifs is 2. The maximum atomic E-state index is 12.8. The van der Waals surface area contributed by atoms with Crippen LogP contribution in [0.2, 0.25) is 0 Å². The van der Waals surface area contributed by atoms with Gasteiger partial charge in [0, 0.05) is 30.9 Å². The highest BCUT2D eigenvalue weighted by Crippen LogP contribution is 2.76. The van der Waals surface area contributed by atoms with Crippen LogP contribution in [0.5, 0.6) is 0 Å². The summed E-state index contributed by atoms with van der Waals surface area (Å²) in [5, 5.41) is 6.66. The standard InChI is InChI=1S/C23H30N4O2/c28-20(19-3-1-2-6-24-19)27-7-4-18(5-8-27)25-21(29)26-22-11-15-9-16-10-17(13-22)23(16,12-15)14-22/h1-3,6,15-18H,4-5,7-14H2,(H2,25,26,29). The molecule has 6 heteroatoms. The lowest BCUT2D eigenvalue weighted by molar-refractivity contribution is -0.000518. The number of carbonyl (C=O) groups excluding carboxylic acids is 2. The van der Waals surface area contributed by atoms with Crippen molar-refractivity contribution in [2.24, 2.45) is 23.2 Å². The van der Waals surface area contributed by atoms with Gasteiger partial charge in [0.05, 0.1) is 0 Å². The average Bonchev–Trinajstić information content (AvgIpc) is 3.03. The second kappa shape index (κ2) is 6.19. The summed E-state index contributed by atoms with van der Waals surface area (Å²) < 4.78 is 0. The number of piperidine rings is 1. The van der Waals surface area contributed by atoms with Gasteiger partial charge in [0.15, 0.2) is 0 Å². The molecule has 154 valence electrons. The molecule has 3 bridgehead atoms. The van der Waals surface area contributed by atoms with Gasteiger partial charge in [0.2, 0.25) is 0 Å². The summed E-state index contributed by atoms with van der Waals surface area (Å²) in [4.78, 5) is 31.4. The third-order valence-corrected chi connectivity index (χ3v) is 8.85. The quantitative estimate of drug-likeness (QED) is 0.828. The smallest absolute Gasteiger partial charge is 0.315 e. The fraction of sp³-hybridized carbons (Fsp3) is 0.696. The van der Waals surface area contributed by atoms with Crippen LogP contribution in [0.4, 0.5) is 4.79 Å². The molecule has 5 fully saturated rings. The zero-order chi connectivity index (χ0) is 19.6. The summed E-state index contributed by atoms with van der Waals surface area (Å²) in [6, 6.07) is 5.57. The monoisotopic (exact) mass is 394 g/mol. The second-order valence-electron chi connectivity index (χ2n) is 10.4. The van der Waals surface area contributed by atoms with Crippen LogP contribution in [0, 0.1) is 23.2 Å². The molecule has 5 aliphatic rings. The maximum Gasteiger partial charge on any atom is 0.315 e. The number of likely N-dealkylation sites (tertiary alicyclic amines) is 1. The molecule has 1 aromatic rings. The van der Waals surface area contributed by atoms with Crippen molar-refractivity contribution < 1.29 is 9.59 Å². The summed E-state index contributed by atoms with van der Waals surface area (Å²) in [6.07, 6.45) is 11.1. The van der Waals surface area contributed by atoms with Crippen LogP contribution in [0.1, 0.15) is 61.9 Å². The number of hydrogen-bond donors (Lipinski definition) is 2. The minimum Gasteiger partial charge on any atom is -0.337 e. The number of nitrogens with one attached hydrogen (secondary N) is 2. The van der Waals surface area contributed by atoms with E-state index in [4.69, 9.17) is 0 Å². The topological polar surface area (TPSA) is 74.3 Å². The first-order chi connectivity index (χ1) is 14.1. The van der Waals surface area contributed by atoms with Gasteiger partial charge in [0.25, 0.3) is 5.91 Å². The van der Waals surface area contributed by atoms with Gasteiger partial charge in [-0.1, -0.05) is 6.07 Å². The molecule has 1 aliphatic heterocycles. The van der Waals surface area contributed by atoms with Gasteiger partial charge >= 0.3 is 6.03 Å². The largest absolute Gasteiger partial charge is 0.337 e. The van der Waals surface area contributed by atoms with Crippen LogP contribution in [0.25, 0.3) is 0 Å². The number of carbonyl (C=O) groups is 2. The Labute approximate surface area is 171 Å². The molecule has 2 heterocycles. The van der Waals surface area contributed by atoms with Crippen molar-refractivity contribution in [1.82, 2.24) is 20.5 Å². The lowest BCUT2D eigenvalue weighted by Crippen LogP contribution is -2.56. The lowest BCUT2D eigenvalue weighted by atomic mass is 9.56. The molecule has 5 atom stereocenters. The first-order valence-corrected chi connectivity index (χ1v) is 11.3. The fourth-order valence-electron chi connectivity index (χ4n) is 7.84. The maximum absolute atomic E-state index is 12.8. The molecule has 6 nitrogen and oxygen atoms in total. The van der Waals surface area contributed by atoms with Gasteiger partial charge in [-0.2, -0.15) is 0 Å². The number of hydrogen-bond acceptors (Lipinski definition) is 3. The average molecular weight is 395 g/mol. The molecule has 3 amide bonds. The van der Waals surface area contributed by atoms with E-state index in [1.165, 1.54) is 38.5 Å². The Hall–Kier alpha value is -2.11. The first-order valence-electron chi connectivity index (χ1n) is 11.3. The summed E-state index contributed by atoms with van der Waals surface area (Å²) >= 11 is 0. The zero-order valence-electron chi connectivity index (χ0n) is 16.9. The highest BCUT2D eigenvalue weighted by atomic mass is 16.2. The normalized spacial score (nSPS) is 39.7. The van der Waals surface area contributed by atoms with E-state index in [0.717, 1.165) is 30.6 Å². The van der Waals surface area contributed by atoms with Crippen molar-refractivity contribution >= 4 is 11.9 Å². The van der Waals surface area contributed by atoms with Gasteiger partial charge in [-0.15, -0.1) is 0 Å². The third kappa shape index (κ3) is 2.71. The van der Waals surface area contributed by atoms with Crippen molar-refractivity contribution in [3.63, 3.8) is 0 Å². The van der Waals surface area contributed by atoms with Crippen LogP contribution >= 0.6 is 0 Å². The minimum atomic E-state index is -0.0136. The summed E-state index contributed by atoms with van der Waals surface area (Å²) in [7, 11) is 0. The third-order valence-electron chi connectivity index (χ3n) is 8.85. The van der Waals surface area contributed by atoms with Crippen molar-refractivity contribution in [1.29, 1.82) is 0 Å². The van der Waals surface area contributed by atoms with Crippen molar-refractivity contribution in [2.45, 2.75) is 62.9 Å². The molecule has 1 aromatic heterocycles. The minimum absolute atomic E-state index is 0.00931. The molecule has 5 unspecified atom stereocenters. The number of amides is 3. The highest BCUT2D eigenvalue weighted by Gasteiger charge is 2.71. The van der Waals surface area contributed by atoms with Gasteiger partial charge in [-0.05, 0) is 86.7 Å². The van der Waals surface area contributed by atoms with Crippen LogP contribution in [-0.2, 0) is 0 Å². The van der Waals surface area contributed by atoms with E-state index in [0.29, 0.717) is 24.2 Å². The van der Waals surface area contributed by atoms with Crippen molar-refractivity contribution in [3.05, 3.63) is 30.1 Å². The van der Waals surface area contributed by atoms with Gasteiger partial charge in [0.1, 0.15) is 5.69 Å². The Morgan fingerprint density at radius 3 is 2.72 bits per heavy atom. The predicted molar refractivity (Wildman–Crippen MR) is 108 cm³/mol. The molecule has 1 saturated heterocycles. The van der Waals surface area contributed by atoms with Crippen LogP contribution in [-0.4, -0.2) is 46.5 Å². The number of aromatic nitrogens is 1. The van der Waals surface area contributed by atoms with E-state index in [-0.39, 0.29) is 23.5 Å². The Morgan fingerprint density at radius 2 is 1.93 bits per heavy atom. The lowest BCUT2D eigenvalue weighted by Gasteiger charge is -2.49. The molecule has 29 heavy (non-hydrogen) atoms. The molecule has 0 radical (unpaired) electrons. The molecular formula is C23H30N4O2. The molecule has 0 aromatic carbocycles. The number of rotatable bonds is 3. The van der Waals surface area contributed by atoms with Crippen LogP contribution < -0.4 is 10.6 Å². The molecule has 4 aliphatic carbocycles. The van der Waals surface area contributed by atoms with Crippen molar-refractivity contribution in [3.8, 4) is 0 Å². The van der Waals surface area contributed by atoms with Gasteiger partial charge in [-0.3, -0.25) is 9.78 Å². The Bertz CT molecular complexity index is 833. The SMILES string of the molecule is O=C(NC1CCN(C(=O)c2ccccn2)CC1)NC12CC3CC4CC(C1)C4(C3)C2. The second-order valence-corrected chi connectivity index (χ2v) is 10.4. The highest BCUT2D eigenvalue weighted by molar-refractivity contribution is 5.92. The van der Waals surface area contributed by atoms with Gasteiger partial charge < -0.3 is 15.5 Å². The Morgan fingerprint density at radius 1 is 1.07 bits per heavy atom. The van der Waals surface area contributed by atoms with Gasteiger partial charge in [-0.25, -0.2) is 4.79 Å². The summed E-state index contributed by atoms with van der Waals surface area (Å²) in [5.41, 5.74) is 1.14. The van der Waals surface area contributed by atoms with E-state index < -0.39 is 0 Å².